The van der Waals surface area contributed by atoms with Crippen molar-refractivity contribution in [3.63, 3.8) is 0 Å². The third kappa shape index (κ3) is 3.99. The third-order valence-corrected chi connectivity index (χ3v) is 3.74. The lowest BCUT2D eigenvalue weighted by Gasteiger charge is -2.08. The Hall–Kier alpha value is -2.06. The van der Waals surface area contributed by atoms with Gasteiger partial charge in [0.2, 0.25) is 5.16 Å². The quantitative estimate of drug-likeness (QED) is 0.827. The number of nitrogen functional groups attached to an aromatic ring is 1. The van der Waals surface area contributed by atoms with Crippen LogP contribution in [-0.2, 0) is 10.5 Å². The second kappa shape index (κ2) is 7.28. The maximum atomic E-state index is 11.7. The lowest BCUT2D eigenvalue weighted by molar-refractivity contribution is 0.147. The van der Waals surface area contributed by atoms with Crippen LogP contribution in [0.4, 0.5) is 10.6 Å². The second-order valence-corrected chi connectivity index (χ2v) is 5.53. The van der Waals surface area contributed by atoms with Crippen LogP contribution in [0.3, 0.4) is 0 Å². The number of halogens is 1. The zero-order valence-corrected chi connectivity index (χ0v) is 13.3. The molecule has 0 aliphatic carbocycles. The maximum absolute atomic E-state index is 11.7. The number of nitrogens with zero attached hydrogens (tertiary/aromatic N) is 3. The molecule has 0 fully saturated rings. The Balaban J connectivity index is 2.19. The number of carbonyl (C=O) groups is 1. The zero-order chi connectivity index (χ0) is 16.1. The number of ether oxygens (including phenoxy) is 1. The minimum atomic E-state index is -0.755. The number of anilines is 1. The first-order valence-electron chi connectivity index (χ1n) is 6.37. The van der Waals surface area contributed by atoms with Crippen molar-refractivity contribution in [2.24, 2.45) is 0 Å². The maximum Gasteiger partial charge on any atom is 0.436 e. The molecule has 0 spiro atoms. The van der Waals surface area contributed by atoms with Crippen molar-refractivity contribution in [1.29, 1.82) is 5.41 Å². The van der Waals surface area contributed by atoms with Crippen molar-refractivity contribution in [2.75, 3.05) is 12.3 Å². The van der Waals surface area contributed by atoms with Crippen LogP contribution in [0.5, 0.6) is 0 Å². The van der Waals surface area contributed by atoms with E-state index in [-0.39, 0.29) is 23.1 Å². The van der Waals surface area contributed by atoms with Crippen molar-refractivity contribution in [3.8, 4) is 0 Å². The van der Waals surface area contributed by atoms with Gasteiger partial charge in [0.15, 0.2) is 11.3 Å². The van der Waals surface area contributed by atoms with Gasteiger partial charge in [0.05, 0.1) is 6.61 Å². The van der Waals surface area contributed by atoms with Crippen molar-refractivity contribution in [3.05, 3.63) is 40.3 Å². The number of hydrogen-bond acceptors (Lipinski definition) is 7. The van der Waals surface area contributed by atoms with Crippen molar-refractivity contribution >= 4 is 35.3 Å². The molecular formula is C13H14ClN5O2S. The average molecular weight is 340 g/mol. The molecule has 3 N–H and O–H groups in total. The minimum absolute atomic E-state index is 0.0818. The fraction of sp³-hybridized carbons (Fsp3) is 0.231. The molecule has 0 unspecified atom stereocenters. The predicted octanol–water partition coefficient (Wildman–Crippen LogP) is 2.29. The van der Waals surface area contributed by atoms with Gasteiger partial charge in [-0.2, -0.15) is 0 Å². The van der Waals surface area contributed by atoms with E-state index in [1.54, 1.807) is 19.1 Å². The molecule has 2 rings (SSSR count). The first kappa shape index (κ1) is 16.3. The number of rotatable bonds is 4. The molecule has 1 aromatic heterocycles. The van der Waals surface area contributed by atoms with E-state index >= 15 is 0 Å². The molecule has 0 saturated carbocycles. The normalized spacial score (nSPS) is 10.5. The van der Waals surface area contributed by atoms with Gasteiger partial charge >= 0.3 is 6.09 Å². The predicted molar refractivity (Wildman–Crippen MR) is 83.7 cm³/mol. The average Bonchev–Trinajstić information content (AvgIpc) is 2.50. The largest absolute Gasteiger partial charge is 0.448 e. The smallest absolute Gasteiger partial charge is 0.436 e. The van der Waals surface area contributed by atoms with Gasteiger partial charge in [0.25, 0.3) is 0 Å². The van der Waals surface area contributed by atoms with Gasteiger partial charge in [-0.1, -0.05) is 35.5 Å². The monoisotopic (exact) mass is 339 g/mol. The number of nitrogens with one attached hydrogen (secondary N) is 1. The molecule has 0 saturated heterocycles. The van der Waals surface area contributed by atoms with Crippen molar-refractivity contribution in [2.45, 2.75) is 17.8 Å². The number of aromatic nitrogens is 3. The van der Waals surface area contributed by atoms with E-state index in [2.05, 4.69) is 10.1 Å². The number of nitrogens with two attached hydrogens (primary N) is 1. The van der Waals surface area contributed by atoms with E-state index in [4.69, 9.17) is 27.5 Å². The standard InChI is InChI=1S/C13H14ClN5O2S/c1-2-21-13(20)19-11(16)10(15)17-12(18-19)22-7-8-3-5-9(14)6-4-8/h3-6,16H,2,7H2,1H3,(H2,15,17,18). The highest BCUT2D eigenvalue weighted by Gasteiger charge is 2.13. The van der Waals surface area contributed by atoms with Crippen LogP contribution >= 0.6 is 23.4 Å². The van der Waals surface area contributed by atoms with Crippen LogP contribution < -0.4 is 11.2 Å². The van der Waals surface area contributed by atoms with Gasteiger partial charge in [0.1, 0.15) is 0 Å². The molecule has 0 bridgehead atoms. The zero-order valence-electron chi connectivity index (χ0n) is 11.7. The Morgan fingerprint density at radius 3 is 2.77 bits per heavy atom. The van der Waals surface area contributed by atoms with E-state index in [0.717, 1.165) is 10.2 Å². The SMILES string of the molecule is CCOC(=O)n1nc(SCc2ccc(Cl)cc2)nc(N)c1=N. The molecule has 0 aliphatic heterocycles. The van der Waals surface area contributed by atoms with Crippen LogP contribution in [-0.4, -0.2) is 27.5 Å². The van der Waals surface area contributed by atoms with Crippen LogP contribution in [0.2, 0.25) is 5.02 Å². The number of carbonyl (C=O) groups excluding carboxylic acids is 1. The summed E-state index contributed by atoms with van der Waals surface area (Å²) in [6.45, 7) is 1.85. The van der Waals surface area contributed by atoms with Crippen LogP contribution in [0.15, 0.2) is 29.4 Å². The highest BCUT2D eigenvalue weighted by atomic mass is 35.5. The molecule has 0 aliphatic rings. The molecule has 0 amide bonds. The van der Waals surface area contributed by atoms with Gasteiger partial charge < -0.3 is 10.5 Å². The Morgan fingerprint density at radius 1 is 1.45 bits per heavy atom. The number of benzene rings is 1. The van der Waals surface area contributed by atoms with Gasteiger partial charge in [-0.05, 0) is 24.6 Å². The molecule has 0 radical (unpaired) electrons. The third-order valence-electron chi connectivity index (χ3n) is 2.58. The minimum Gasteiger partial charge on any atom is -0.448 e. The molecule has 1 aromatic carbocycles. The lowest BCUT2D eigenvalue weighted by atomic mass is 10.2. The first-order chi connectivity index (χ1) is 10.5. The molecular weight excluding hydrogens is 326 g/mol. The molecule has 116 valence electrons. The highest BCUT2D eigenvalue weighted by Crippen LogP contribution is 2.20. The fourth-order valence-corrected chi connectivity index (χ4v) is 2.45. The summed E-state index contributed by atoms with van der Waals surface area (Å²) in [5.41, 5.74) is 6.37. The molecule has 22 heavy (non-hydrogen) atoms. The van der Waals surface area contributed by atoms with Crippen LogP contribution in [0.25, 0.3) is 0 Å². The fourth-order valence-electron chi connectivity index (χ4n) is 1.53. The van der Waals surface area contributed by atoms with Gasteiger partial charge in [-0.3, -0.25) is 5.41 Å². The van der Waals surface area contributed by atoms with E-state index in [0.29, 0.717) is 10.8 Å². The highest BCUT2D eigenvalue weighted by molar-refractivity contribution is 7.98. The lowest BCUT2D eigenvalue weighted by Crippen LogP contribution is -2.33. The molecule has 2 aromatic rings. The number of thioether (sulfide) groups is 1. The van der Waals surface area contributed by atoms with Gasteiger partial charge in [-0.15, -0.1) is 9.78 Å². The molecule has 9 heteroatoms. The van der Waals surface area contributed by atoms with Crippen LogP contribution in [0.1, 0.15) is 12.5 Å². The Kier molecular flexibility index (Phi) is 5.40. The van der Waals surface area contributed by atoms with Crippen molar-refractivity contribution < 1.29 is 9.53 Å². The number of hydrogen-bond donors (Lipinski definition) is 2. The van der Waals surface area contributed by atoms with Crippen molar-refractivity contribution in [1.82, 2.24) is 14.8 Å². The van der Waals surface area contributed by atoms with Gasteiger partial charge in [-0.25, -0.2) is 9.78 Å². The summed E-state index contributed by atoms with van der Waals surface area (Å²) in [6.07, 6.45) is -0.755. The summed E-state index contributed by atoms with van der Waals surface area (Å²) in [6, 6.07) is 7.35. The summed E-state index contributed by atoms with van der Waals surface area (Å²) >= 11 is 7.12. The molecule has 1 heterocycles. The van der Waals surface area contributed by atoms with Crippen LogP contribution in [0, 0.1) is 5.41 Å². The first-order valence-corrected chi connectivity index (χ1v) is 7.73. The van der Waals surface area contributed by atoms with E-state index in [9.17, 15) is 4.79 Å². The topological polar surface area (TPSA) is 107 Å². The molecule has 7 nitrogen and oxygen atoms in total. The Bertz CT molecular complexity index is 732. The summed E-state index contributed by atoms with van der Waals surface area (Å²) < 4.78 is 5.63. The Morgan fingerprint density at radius 2 is 2.14 bits per heavy atom. The van der Waals surface area contributed by atoms with Gasteiger partial charge in [0, 0.05) is 10.8 Å². The summed E-state index contributed by atoms with van der Waals surface area (Å²) in [7, 11) is 0. The summed E-state index contributed by atoms with van der Waals surface area (Å²) in [5, 5.41) is 12.6. The molecule has 0 atom stereocenters. The Labute approximate surface area is 136 Å². The summed E-state index contributed by atoms with van der Waals surface area (Å²) in [4.78, 5) is 15.7. The second-order valence-electron chi connectivity index (χ2n) is 4.15. The van der Waals surface area contributed by atoms with E-state index < -0.39 is 6.09 Å². The van der Waals surface area contributed by atoms with E-state index in [1.165, 1.54) is 11.8 Å². The van der Waals surface area contributed by atoms with E-state index in [1.807, 2.05) is 12.1 Å². The summed E-state index contributed by atoms with van der Waals surface area (Å²) in [5.74, 6) is 0.498.